The minimum atomic E-state index is -0.718. The maximum atomic E-state index is 11.7. The highest BCUT2D eigenvalue weighted by Crippen LogP contribution is 2.20. The van der Waals surface area contributed by atoms with Crippen molar-refractivity contribution in [3.63, 3.8) is 0 Å². The van der Waals surface area contributed by atoms with Crippen molar-refractivity contribution in [3.05, 3.63) is 33.8 Å². The average molecular weight is 318 g/mol. The van der Waals surface area contributed by atoms with Gasteiger partial charge < -0.3 is 16.4 Å². The molecule has 0 bridgehead atoms. The van der Waals surface area contributed by atoms with E-state index in [1.54, 1.807) is 32.0 Å². The van der Waals surface area contributed by atoms with Crippen molar-refractivity contribution < 1.29 is 9.59 Å². The number of carbonyl (C=O) groups excluding carboxylic acids is 2. The molecule has 0 saturated heterocycles. The highest BCUT2D eigenvalue weighted by Gasteiger charge is 2.21. The van der Waals surface area contributed by atoms with Crippen LogP contribution in [-0.4, -0.2) is 18.0 Å². The zero-order valence-electron chi connectivity index (χ0n) is 11.2. The molecule has 5 nitrogen and oxygen atoms in total. The van der Waals surface area contributed by atoms with Crippen LogP contribution in [0.2, 0.25) is 10.0 Å². The van der Waals surface area contributed by atoms with Gasteiger partial charge in [0.25, 0.3) is 0 Å². The molecule has 0 heterocycles. The van der Waals surface area contributed by atoms with Crippen LogP contribution in [0.4, 0.5) is 4.79 Å². The molecule has 0 spiro atoms. The van der Waals surface area contributed by atoms with Gasteiger partial charge in [0.2, 0.25) is 5.91 Å². The molecule has 0 aliphatic heterocycles. The molecule has 0 radical (unpaired) electrons. The van der Waals surface area contributed by atoms with Crippen molar-refractivity contribution in [2.45, 2.75) is 26.4 Å². The maximum Gasteiger partial charge on any atom is 0.315 e. The van der Waals surface area contributed by atoms with E-state index in [1.807, 2.05) is 0 Å². The third kappa shape index (κ3) is 4.90. The van der Waals surface area contributed by atoms with Crippen LogP contribution in [0.15, 0.2) is 18.2 Å². The van der Waals surface area contributed by atoms with Crippen molar-refractivity contribution in [1.29, 1.82) is 0 Å². The van der Waals surface area contributed by atoms with Gasteiger partial charge in [-0.3, -0.25) is 4.79 Å². The van der Waals surface area contributed by atoms with Gasteiger partial charge in [-0.15, -0.1) is 0 Å². The van der Waals surface area contributed by atoms with Gasteiger partial charge in [0.1, 0.15) is 6.04 Å². The monoisotopic (exact) mass is 317 g/mol. The van der Waals surface area contributed by atoms with Crippen LogP contribution < -0.4 is 16.4 Å². The first-order valence-electron chi connectivity index (χ1n) is 6.09. The van der Waals surface area contributed by atoms with Gasteiger partial charge >= 0.3 is 6.03 Å². The molecule has 0 unspecified atom stereocenters. The summed E-state index contributed by atoms with van der Waals surface area (Å²) in [5.41, 5.74) is 5.91. The third-order valence-corrected chi connectivity index (χ3v) is 3.31. The number of amides is 3. The number of nitrogens with two attached hydrogens (primary N) is 1. The Labute approximate surface area is 127 Å². The number of hydrogen-bond acceptors (Lipinski definition) is 2. The first kappa shape index (κ1) is 16.6. The summed E-state index contributed by atoms with van der Waals surface area (Å²) in [5, 5.41) is 6.16. The number of rotatable bonds is 5. The minimum Gasteiger partial charge on any atom is -0.368 e. The third-order valence-electron chi connectivity index (χ3n) is 2.71. The lowest BCUT2D eigenvalue weighted by Crippen LogP contribution is -2.50. The Hall–Kier alpha value is -1.46. The van der Waals surface area contributed by atoms with Gasteiger partial charge in [0.15, 0.2) is 0 Å². The molecule has 0 aliphatic carbocycles. The zero-order valence-corrected chi connectivity index (χ0v) is 12.8. The topological polar surface area (TPSA) is 84.2 Å². The van der Waals surface area contributed by atoms with Crippen LogP contribution in [0.1, 0.15) is 19.4 Å². The highest BCUT2D eigenvalue weighted by molar-refractivity contribution is 6.33. The number of carbonyl (C=O) groups is 2. The van der Waals surface area contributed by atoms with Gasteiger partial charge in [-0.05, 0) is 29.7 Å². The molecular weight excluding hydrogens is 301 g/mol. The standard InChI is InChI=1S/C13H17Cl2N3O2/c1-7(2)11(12(16)19)18-13(20)17-6-8-5-9(14)3-4-10(8)15/h3-5,7,11H,6H2,1-2H3,(H2,16,19)(H2,17,18,20)/t11-/m0/s1. The molecule has 0 aliphatic rings. The van der Waals surface area contributed by atoms with Crippen molar-refractivity contribution >= 4 is 35.1 Å². The van der Waals surface area contributed by atoms with Gasteiger partial charge in [-0.2, -0.15) is 0 Å². The fourth-order valence-corrected chi connectivity index (χ4v) is 1.99. The average Bonchev–Trinajstić information content (AvgIpc) is 2.36. The van der Waals surface area contributed by atoms with Crippen LogP contribution in [0.5, 0.6) is 0 Å². The van der Waals surface area contributed by atoms with Crippen LogP contribution in [0, 0.1) is 5.92 Å². The summed E-state index contributed by atoms with van der Waals surface area (Å²) in [4.78, 5) is 22.9. The SMILES string of the molecule is CC(C)[C@H](NC(=O)NCc1cc(Cl)ccc1Cl)C(N)=O. The lowest BCUT2D eigenvalue weighted by molar-refractivity contribution is -0.120. The van der Waals surface area contributed by atoms with Gasteiger partial charge in [-0.1, -0.05) is 37.0 Å². The number of halogens is 2. The van der Waals surface area contributed by atoms with Gasteiger partial charge in [-0.25, -0.2) is 4.79 Å². The summed E-state index contributed by atoms with van der Waals surface area (Å²) >= 11 is 11.8. The second-order valence-corrected chi connectivity index (χ2v) is 5.53. The Morgan fingerprint density at radius 2 is 1.95 bits per heavy atom. The molecule has 1 rings (SSSR count). The second kappa shape index (κ2) is 7.36. The highest BCUT2D eigenvalue weighted by atomic mass is 35.5. The Morgan fingerprint density at radius 3 is 2.50 bits per heavy atom. The number of benzene rings is 1. The van der Waals surface area contributed by atoms with Crippen molar-refractivity contribution in [1.82, 2.24) is 10.6 Å². The van der Waals surface area contributed by atoms with E-state index in [-0.39, 0.29) is 12.5 Å². The molecular formula is C13H17Cl2N3O2. The predicted octanol–water partition coefficient (Wildman–Crippen LogP) is 2.30. The second-order valence-electron chi connectivity index (χ2n) is 4.69. The van der Waals surface area contributed by atoms with E-state index < -0.39 is 18.0 Å². The Balaban J connectivity index is 2.59. The number of nitrogens with one attached hydrogen (secondary N) is 2. The molecule has 0 aromatic heterocycles. The van der Waals surface area contributed by atoms with E-state index in [0.717, 1.165) is 0 Å². The van der Waals surface area contributed by atoms with Gasteiger partial charge in [0.05, 0.1) is 0 Å². The fraction of sp³-hybridized carbons (Fsp3) is 0.385. The quantitative estimate of drug-likeness (QED) is 0.778. The Morgan fingerprint density at radius 1 is 1.30 bits per heavy atom. The zero-order chi connectivity index (χ0) is 15.3. The molecule has 0 fully saturated rings. The first-order valence-corrected chi connectivity index (χ1v) is 6.84. The van der Waals surface area contributed by atoms with Crippen LogP contribution in [-0.2, 0) is 11.3 Å². The van der Waals surface area contributed by atoms with Crippen LogP contribution >= 0.6 is 23.2 Å². The molecule has 20 heavy (non-hydrogen) atoms. The number of urea groups is 1. The number of hydrogen-bond donors (Lipinski definition) is 3. The van der Waals surface area contributed by atoms with Crippen molar-refractivity contribution in [2.24, 2.45) is 11.7 Å². The maximum absolute atomic E-state index is 11.7. The van der Waals surface area contributed by atoms with E-state index in [9.17, 15) is 9.59 Å². The summed E-state index contributed by atoms with van der Waals surface area (Å²) in [6.07, 6.45) is 0. The molecule has 110 valence electrons. The lowest BCUT2D eigenvalue weighted by Gasteiger charge is -2.19. The smallest absolute Gasteiger partial charge is 0.315 e. The summed E-state index contributed by atoms with van der Waals surface area (Å²) in [6.45, 7) is 3.79. The molecule has 7 heteroatoms. The molecule has 1 aromatic rings. The van der Waals surface area contributed by atoms with Crippen molar-refractivity contribution in [3.8, 4) is 0 Å². The van der Waals surface area contributed by atoms with Gasteiger partial charge in [0, 0.05) is 16.6 Å². The van der Waals surface area contributed by atoms with E-state index in [1.165, 1.54) is 0 Å². The summed E-state index contributed by atoms with van der Waals surface area (Å²) in [5.74, 6) is -0.663. The first-order chi connectivity index (χ1) is 9.31. The van der Waals surface area contributed by atoms with E-state index in [2.05, 4.69) is 10.6 Å². The van der Waals surface area contributed by atoms with E-state index in [4.69, 9.17) is 28.9 Å². The van der Waals surface area contributed by atoms with Crippen LogP contribution in [0.25, 0.3) is 0 Å². The summed E-state index contributed by atoms with van der Waals surface area (Å²) in [6, 6.07) is 3.77. The van der Waals surface area contributed by atoms with Crippen LogP contribution in [0.3, 0.4) is 0 Å². The molecule has 3 amide bonds. The summed E-state index contributed by atoms with van der Waals surface area (Å²) in [7, 11) is 0. The molecule has 1 atom stereocenters. The Kier molecular flexibility index (Phi) is 6.10. The van der Waals surface area contributed by atoms with E-state index in [0.29, 0.717) is 15.6 Å². The largest absolute Gasteiger partial charge is 0.368 e. The normalized spacial score (nSPS) is 12.1. The Bertz CT molecular complexity index is 506. The summed E-state index contributed by atoms with van der Waals surface area (Å²) < 4.78 is 0. The predicted molar refractivity (Wildman–Crippen MR) is 79.7 cm³/mol. The number of primary amides is 1. The molecule has 4 N–H and O–H groups in total. The fourth-order valence-electron chi connectivity index (χ4n) is 1.61. The van der Waals surface area contributed by atoms with Crippen molar-refractivity contribution in [2.75, 3.05) is 0 Å². The molecule has 1 aromatic carbocycles. The lowest BCUT2D eigenvalue weighted by atomic mass is 10.0. The minimum absolute atomic E-state index is 0.0898. The molecule has 0 saturated carbocycles. The van der Waals surface area contributed by atoms with E-state index >= 15 is 0 Å².